The molecule has 4 aliphatic rings. The predicted octanol–water partition coefficient (Wildman–Crippen LogP) is 3.12. The fraction of sp³-hybridized carbons (Fsp3) is 0.758. The van der Waals surface area contributed by atoms with Crippen LogP contribution in [0, 0.1) is 11.3 Å². The van der Waals surface area contributed by atoms with Crippen molar-refractivity contribution in [1.82, 2.24) is 35.3 Å². The first kappa shape index (κ1) is 35.4. The molecule has 48 heavy (non-hydrogen) atoms. The van der Waals surface area contributed by atoms with Crippen LogP contribution in [-0.4, -0.2) is 105 Å². The molecule has 1 spiro atoms. The van der Waals surface area contributed by atoms with Crippen molar-refractivity contribution in [3.05, 3.63) is 22.7 Å². The molecule has 3 aliphatic carbocycles. The van der Waals surface area contributed by atoms with Crippen LogP contribution in [0.4, 0.5) is 20.2 Å². The maximum atomic E-state index is 13.1. The fourth-order valence-corrected chi connectivity index (χ4v) is 7.76. The van der Waals surface area contributed by atoms with Crippen molar-refractivity contribution in [3.63, 3.8) is 0 Å². The Morgan fingerprint density at radius 2 is 1.54 bits per heavy atom. The minimum absolute atomic E-state index is 0.0753. The molecule has 0 radical (unpaired) electrons. The van der Waals surface area contributed by atoms with Crippen molar-refractivity contribution in [3.8, 4) is 0 Å². The summed E-state index contributed by atoms with van der Waals surface area (Å²) in [5, 5.41) is 20.5. The average molecular weight is 673 g/mol. The van der Waals surface area contributed by atoms with Crippen molar-refractivity contribution in [2.24, 2.45) is 11.3 Å². The van der Waals surface area contributed by atoms with Gasteiger partial charge >= 0.3 is 23.9 Å². The lowest BCUT2D eigenvalue weighted by Gasteiger charge is -2.58. The summed E-state index contributed by atoms with van der Waals surface area (Å²) in [5.41, 5.74) is -1.92. The van der Waals surface area contributed by atoms with Gasteiger partial charge in [-0.05, 0) is 110 Å². The Labute approximate surface area is 281 Å². The highest BCUT2D eigenvalue weighted by Crippen LogP contribution is 2.56. The van der Waals surface area contributed by atoms with Gasteiger partial charge in [-0.3, -0.25) is 14.7 Å². The van der Waals surface area contributed by atoms with Gasteiger partial charge in [-0.15, -0.1) is 0 Å². The third kappa shape index (κ3) is 8.77. The first-order valence-corrected chi connectivity index (χ1v) is 17.2. The van der Waals surface area contributed by atoms with Crippen LogP contribution in [0.15, 0.2) is 17.1 Å². The second kappa shape index (κ2) is 13.9. The van der Waals surface area contributed by atoms with Crippen molar-refractivity contribution in [1.29, 1.82) is 0 Å². The molecule has 2 heterocycles. The van der Waals surface area contributed by atoms with Gasteiger partial charge in [-0.2, -0.15) is 4.98 Å². The van der Waals surface area contributed by atoms with Gasteiger partial charge < -0.3 is 35.6 Å². The zero-order chi connectivity index (χ0) is 34.9. The van der Waals surface area contributed by atoms with Crippen molar-refractivity contribution in [2.75, 3.05) is 38.0 Å². The highest BCUT2D eigenvalue weighted by Gasteiger charge is 2.53. The van der Waals surface area contributed by atoms with Gasteiger partial charge in [0.15, 0.2) is 0 Å². The van der Waals surface area contributed by atoms with E-state index in [1.54, 1.807) is 61.2 Å². The van der Waals surface area contributed by atoms with Crippen LogP contribution in [0.25, 0.3) is 0 Å². The van der Waals surface area contributed by atoms with Crippen molar-refractivity contribution < 1.29 is 29.0 Å². The normalized spacial score (nSPS) is 27.4. The van der Waals surface area contributed by atoms with Crippen LogP contribution in [-0.2, 0) is 9.53 Å². The third-order valence-electron chi connectivity index (χ3n) is 10.2. The topological polar surface area (TPSA) is 187 Å². The SMILES string of the molecule is CC(C)(C)OC(=O)NC(C)(C)C(=O)N1CCN(C(=O)Nc2ccn(C3CCC(CNC4CC5(C4)CC(NC(=O)O)C5)CC3)c(=O)n2)CC1. The lowest BCUT2D eigenvalue weighted by atomic mass is 9.52. The summed E-state index contributed by atoms with van der Waals surface area (Å²) in [6.45, 7) is 10.6. The van der Waals surface area contributed by atoms with Crippen LogP contribution in [0.3, 0.4) is 0 Å². The molecule has 1 saturated heterocycles. The molecule has 0 unspecified atom stereocenters. The molecule has 1 aromatic heterocycles. The molecule has 15 nitrogen and oxygen atoms in total. The van der Waals surface area contributed by atoms with Crippen LogP contribution < -0.4 is 27.0 Å². The molecule has 266 valence electrons. The van der Waals surface area contributed by atoms with Gasteiger partial charge in [0.05, 0.1) is 0 Å². The van der Waals surface area contributed by atoms with Crippen LogP contribution in [0.1, 0.15) is 92.0 Å². The van der Waals surface area contributed by atoms with E-state index in [9.17, 15) is 24.0 Å². The molecule has 0 atom stereocenters. The summed E-state index contributed by atoms with van der Waals surface area (Å²) in [5.74, 6) is 0.484. The van der Waals surface area contributed by atoms with Gasteiger partial charge in [-0.1, -0.05) is 0 Å². The fourth-order valence-electron chi connectivity index (χ4n) is 7.76. The number of hydrogen-bond acceptors (Lipinski definition) is 8. The first-order valence-electron chi connectivity index (χ1n) is 17.2. The summed E-state index contributed by atoms with van der Waals surface area (Å²) in [6.07, 6.45) is 8.07. The summed E-state index contributed by atoms with van der Waals surface area (Å²) in [7, 11) is 0. The molecule has 1 aliphatic heterocycles. The largest absolute Gasteiger partial charge is 0.465 e. The number of nitrogens with one attached hydrogen (secondary N) is 4. The summed E-state index contributed by atoms with van der Waals surface area (Å²) < 4.78 is 6.96. The van der Waals surface area contributed by atoms with Gasteiger partial charge in [0.25, 0.3) is 0 Å². The lowest BCUT2D eigenvalue weighted by molar-refractivity contribution is -0.138. The maximum Gasteiger partial charge on any atom is 0.408 e. The summed E-state index contributed by atoms with van der Waals surface area (Å²) in [6, 6.07) is 1.96. The molecule has 4 fully saturated rings. The molecule has 3 saturated carbocycles. The van der Waals surface area contributed by atoms with Crippen LogP contribution in [0.2, 0.25) is 0 Å². The summed E-state index contributed by atoms with van der Waals surface area (Å²) in [4.78, 5) is 69.4. The molecular formula is C33H52N8O7. The Morgan fingerprint density at radius 1 is 0.938 bits per heavy atom. The quantitative estimate of drug-likeness (QED) is 0.277. The number of hydrogen-bond donors (Lipinski definition) is 5. The van der Waals surface area contributed by atoms with Crippen LogP contribution >= 0.6 is 0 Å². The number of carboxylic acid groups (broad SMARTS) is 1. The van der Waals surface area contributed by atoms with E-state index in [1.165, 1.54) is 0 Å². The Hall–Kier alpha value is -3.88. The maximum absolute atomic E-state index is 13.1. The molecule has 15 heteroatoms. The van der Waals surface area contributed by atoms with E-state index in [0.29, 0.717) is 43.6 Å². The number of aromatic nitrogens is 2. The second-order valence-electron chi connectivity index (χ2n) is 15.7. The third-order valence-corrected chi connectivity index (χ3v) is 10.2. The zero-order valence-corrected chi connectivity index (χ0v) is 28.8. The number of carbonyl (C=O) groups excluding carboxylic acids is 3. The van der Waals surface area contributed by atoms with E-state index in [2.05, 4.69) is 26.3 Å². The minimum atomic E-state index is -1.18. The number of nitrogens with zero attached hydrogens (tertiary/aromatic N) is 4. The van der Waals surface area contributed by atoms with Crippen molar-refractivity contribution >= 4 is 29.9 Å². The Balaban J connectivity index is 1.01. The van der Waals surface area contributed by atoms with E-state index < -0.39 is 29.4 Å². The number of carbonyl (C=O) groups is 4. The number of anilines is 1. The Morgan fingerprint density at radius 3 is 2.12 bits per heavy atom. The van der Waals surface area contributed by atoms with Gasteiger partial charge in [-0.25, -0.2) is 19.2 Å². The lowest BCUT2D eigenvalue weighted by Crippen LogP contribution is -2.60. The number of alkyl carbamates (subject to hydrolysis) is 1. The molecule has 5 amide bonds. The molecular weight excluding hydrogens is 620 g/mol. The van der Waals surface area contributed by atoms with Crippen LogP contribution in [0.5, 0.6) is 0 Å². The predicted molar refractivity (Wildman–Crippen MR) is 178 cm³/mol. The minimum Gasteiger partial charge on any atom is -0.465 e. The molecule has 5 N–H and O–H groups in total. The average Bonchev–Trinajstić information content (AvgIpc) is 2.96. The Kier molecular flexibility index (Phi) is 10.3. The molecule has 0 bridgehead atoms. The van der Waals surface area contributed by atoms with E-state index >= 15 is 0 Å². The van der Waals surface area contributed by atoms with E-state index in [0.717, 1.165) is 57.9 Å². The van der Waals surface area contributed by atoms with Gasteiger partial charge in [0.2, 0.25) is 5.91 Å². The van der Waals surface area contributed by atoms with E-state index in [4.69, 9.17) is 9.84 Å². The van der Waals surface area contributed by atoms with Gasteiger partial charge in [0, 0.05) is 50.5 Å². The Bertz CT molecular complexity index is 1410. The first-order chi connectivity index (χ1) is 22.5. The molecule has 0 aromatic carbocycles. The second-order valence-corrected chi connectivity index (χ2v) is 15.7. The number of rotatable bonds is 8. The highest BCUT2D eigenvalue weighted by atomic mass is 16.6. The number of amides is 5. The number of ether oxygens (including phenoxy) is 1. The van der Waals surface area contributed by atoms with Gasteiger partial charge in [0.1, 0.15) is 17.0 Å². The monoisotopic (exact) mass is 672 g/mol. The number of piperazine rings is 1. The zero-order valence-electron chi connectivity index (χ0n) is 28.8. The standard InChI is InChI=1S/C33H52N8O7/c1-31(2,3)48-30(47)38-32(4,5)26(42)39-12-14-40(15-13-39)27(43)36-25-10-11-41(28(44)37-25)24-8-6-21(7-9-24)20-34-22-16-33(17-22)18-23(19-33)35-29(45)46/h10-11,21-24,34-35H,6-9,12-20H2,1-5H3,(H,38,47)(H,45,46)(H,36,37,43,44). The smallest absolute Gasteiger partial charge is 0.408 e. The highest BCUT2D eigenvalue weighted by molar-refractivity contribution is 5.90. The van der Waals surface area contributed by atoms with Crippen molar-refractivity contribution in [2.45, 2.75) is 115 Å². The van der Waals surface area contributed by atoms with E-state index in [-0.39, 0.29) is 29.5 Å². The molecule has 5 rings (SSSR count). The summed E-state index contributed by atoms with van der Waals surface area (Å²) >= 11 is 0. The van der Waals surface area contributed by atoms with E-state index in [1.807, 2.05) is 0 Å². The number of urea groups is 1. The molecule has 1 aromatic rings.